The van der Waals surface area contributed by atoms with Gasteiger partial charge in [-0.2, -0.15) is 0 Å². The third-order valence-electron chi connectivity index (χ3n) is 4.31. The molecule has 0 spiro atoms. The van der Waals surface area contributed by atoms with Crippen molar-refractivity contribution in [3.63, 3.8) is 0 Å². The summed E-state index contributed by atoms with van der Waals surface area (Å²) >= 11 is 0. The standard InChI is InChI=1S/C17H20N2O7S/c1-10(16(21)18-11-6-7-27(23,24)9-11)25-15(20)8-14-17(22)19-12-4-2-3-5-13(12)26-14/h2-5,10-11,14H,6-9H2,1H3,(H,18,21)(H,19,22)/t10-,11-,14-/m1/s1. The summed E-state index contributed by atoms with van der Waals surface area (Å²) in [5.74, 6) is -1.46. The van der Waals surface area contributed by atoms with Gasteiger partial charge in [0.05, 0.1) is 23.6 Å². The van der Waals surface area contributed by atoms with E-state index in [1.54, 1.807) is 24.3 Å². The molecule has 3 rings (SSSR count). The lowest BCUT2D eigenvalue weighted by Crippen LogP contribution is -2.43. The van der Waals surface area contributed by atoms with Crippen LogP contribution in [0.3, 0.4) is 0 Å². The van der Waals surface area contributed by atoms with Crippen LogP contribution in [0.2, 0.25) is 0 Å². The van der Waals surface area contributed by atoms with Crippen molar-refractivity contribution in [2.75, 3.05) is 16.8 Å². The quantitative estimate of drug-likeness (QED) is 0.671. The Kier molecular flexibility index (Phi) is 5.36. The number of esters is 1. The molecule has 1 saturated heterocycles. The number of carbonyl (C=O) groups is 3. The number of ether oxygens (including phenoxy) is 2. The Morgan fingerprint density at radius 1 is 1.37 bits per heavy atom. The Balaban J connectivity index is 1.50. The Bertz CT molecular complexity index is 868. The molecule has 0 radical (unpaired) electrons. The minimum absolute atomic E-state index is 0.0295. The summed E-state index contributed by atoms with van der Waals surface area (Å²) in [6, 6.07) is 6.34. The van der Waals surface area contributed by atoms with Crippen LogP contribution in [0.25, 0.3) is 0 Å². The third-order valence-corrected chi connectivity index (χ3v) is 6.08. The number of nitrogens with one attached hydrogen (secondary N) is 2. The fourth-order valence-electron chi connectivity index (χ4n) is 2.90. The number of amides is 2. The number of hydrogen-bond donors (Lipinski definition) is 2. The highest BCUT2D eigenvalue weighted by atomic mass is 32.2. The highest BCUT2D eigenvalue weighted by Crippen LogP contribution is 2.29. The molecule has 146 valence electrons. The zero-order valence-electron chi connectivity index (χ0n) is 14.6. The van der Waals surface area contributed by atoms with Gasteiger partial charge in [-0.25, -0.2) is 8.42 Å². The summed E-state index contributed by atoms with van der Waals surface area (Å²) in [7, 11) is -3.12. The van der Waals surface area contributed by atoms with Gasteiger partial charge in [-0.3, -0.25) is 14.4 Å². The normalized spacial score (nSPS) is 24.1. The first-order valence-electron chi connectivity index (χ1n) is 8.50. The molecular formula is C17H20N2O7S. The summed E-state index contributed by atoms with van der Waals surface area (Å²) in [5, 5.41) is 5.20. The Labute approximate surface area is 156 Å². The molecule has 1 aromatic carbocycles. The number of rotatable bonds is 5. The monoisotopic (exact) mass is 396 g/mol. The van der Waals surface area contributed by atoms with Crippen LogP contribution in [0.15, 0.2) is 24.3 Å². The first-order chi connectivity index (χ1) is 12.7. The van der Waals surface area contributed by atoms with E-state index < -0.39 is 45.9 Å². The molecule has 0 bridgehead atoms. The second-order valence-electron chi connectivity index (χ2n) is 6.54. The molecule has 0 aromatic heterocycles. The lowest BCUT2D eigenvalue weighted by atomic mass is 10.1. The lowest BCUT2D eigenvalue weighted by Gasteiger charge is -2.25. The van der Waals surface area contributed by atoms with Crippen LogP contribution in [0, 0.1) is 0 Å². The van der Waals surface area contributed by atoms with Crippen LogP contribution >= 0.6 is 0 Å². The Morgan fingerprint density at radius 2 is 2.11 bits per heavy atom. The number of sulfone groups is 1. The van der Waals surface area contributed by atoms with Gasteiger partial charge in [-0.05, 0) is 25.5 Å². The molecular weight excluding hydrogens is 376 g/mol. The van der Waals surface area contributed by atoms with Crippen molar-refractivity contribution in [3.8, 4) is 5.75 Å². The largest absolute Gasteiger partial charge is 0.478 e. The fraction of sp³-hybridized carbons (Fsp3) is 0.471. The number of hydrogen-bond acceptors (Lipinski definition) is 7. The van der Waals surface area contributed by atoms with Gasteiger partial charge in [0, 0.05) is 6.04 Å². The molecule has 10 heteroatoms. The molecule has 9 nitrogen and oxygen atoms in total. The Morgan fingerprint density at radius 3 is 2.81 bits per heavy atom. The van der Waals surface area contributed by atoms with Crippen LogP contribution < -0.4 is 15.4 Å². The maximum atomic E-state index is 12.1. The number of carbonyl (C=O) groups excluding carboxylic acids is 3. The van der Waals surface area contributed by atoms with Crippen molar-refractivity contribution < 1.29 is 32.3 Å². The predicted molar refractivity (Wildman–Crippen MR) is 94.9 cm³/mol. The molecule has 27 heavy (non-hydrogen) atoms. The summed E-state index contributed by atoms with van der Waals surface area (Å²) in [5.41, 5.74) is 0.520. The zero-order valence-corrected chi connectivity index (χ0v) is 15.5. The van der Waals surface area contributed by atoms with E-state index in [1.165, 1.54) is 6.92 Å². The summed E-state index contributed by atoms with van der Waals surface area (Å²) < 4.78 is 33.4. The van der Waals surface area contributed by atoms with Crippen LogP contribution in [-0.4, -0.2) is 56.0 Å². The highest BCUT2D eigenvalue weighted by Gasteiger charge is 2.33. The van der Waals surface area contributed by atoms with Gasteiger partial charge in [0.1, 0.15) is 5.75 Å². The number of fused-ring (bicyclic) bond motifs is 1. The van der Waals surface area contributed by atoms with Crippen molar-refractivity contribution in [3.05, 3.63) is 24.3 Å². The highest BCUT2D eigenvalue weighted by molar-refractivity contribution is 7.91. The molecule has 2 N–H and O–H groups in total. The van der Waals surface area contributed by atoms with Gasteiger partial charge in [0.15, 0.2) is 22.0 Å². The van der Waals surface area contributed by atoms with E-state index >= 15 is 0 Å². The van der Waals surface area contributed by atoms with Crippen LogP contribution in [-0.2, 0) is 29.0 Å². The SMILES string of the molecule is C[C@@H](OC(=O)C[C@H]1Oc2ccccc2NC1=O)C(=O)N[C@@H]1CCS(=O)(=O)C1. The first kappa shape index (κ1) is 19.2. The van der Waals surface area contributed by atoms with Crippen LogP contribution in [0.4, 0.5) is 5.69 Å². The molecule has 0 unspecified atom stereocenters. The number of anilines is 1. The van der Waals surface area contributed by atoms with E-state index in [4.69, 9.17) is 9.47 Å². The second-order valence-corrected chi connectivity index (χ2v) is 8.77. The Hall–Kier alpha value is -2.62. The van der Waals surface area contributed by atoms with Crippen LogP contribution in [0.1, 0.15) is 19.8 Å². The fourth-order valence-corrected chi connectivity index (χ4v) is 4.58. The molecule has 0 aliphatic carbocycles. The van der Waals surface area contributed by atoms with Gasteiger partial charge in [-0.15, -0.1) is 0 Å². The van der Waals surface area contributed by atoms with E-state index in [1.807, 2.05) is 0 Å². The van der Waals surface area contributed by atoms with Crippen molar-refractivity contribution in [1.82, 2.24) is 5.32 Å². The molecule has 2 amide bonds. The van der Waals surface area contributed by atoms with Gasteiger partial charge < -0.3 is 20.1 Å². The van der Waals surface area contributed by atoms with Gasteiger partial charge in [0.25, 0.3) is 11.8 Å². The maximum absolute atomic E-state index is 12.1. The third kappa shape index (κ3) is 4.76. The summed E-state index contributed by atoms with van der Waals surface area (Å²) in [6.07, 6.45) is -2.18. The molecule has 1 fully saturated rings. The topological polar surface area (TPSA) is 128 Å². The number of benzene rings is 1. The minimum atomic E-state index is -3.12. The molecule has 1 aromatic rings. The minimum Gasteiger partial charge on any atom is -0.478 e. The van der Waals surface area contributed by atoms with Crippen LogP contribution in [0.5, 0.6) is 5.75 Å². The summed E-state index contributed by atoms with van der Waals surface area (Å²) in [6.45, 7) is 1.38. The molecule has 0 saturated carbocycles. The van der Waals surface area contributed by atoms with E-state index in [2.05, 4.69) is 10.6 Å². The van der Waals surface area contributed by atoms with E-state index in [-0.39, 0.29) is 17.9 Å². The van der Waals surface area contributed by atoms with Gasteiger partial charge in [-0.1, -0.05) is 12.1 Å². The average molecular weight is 396 g/mol. The van der Waals surface area contributed by atoms with Crippen molar-refractivity contribution in [2.45, 2.75) is 38.0 Å². The molecule has 2 aliphatic heterocycles. The van der Waals surface area contributed by atoms with Gasteiger partial charge in [0.2, 0.25) is 0 Å². The smallest absolute Gasteiger partial charge is 0.310 e. The average Bonchev–Trinajstić information content (AvgIpc) is 2.94. The lowest BCUT2D eigenvalue weighted by molar-refractivity contribution is -0.157. The molecule has 2 heterocycles. The molecule has 2 aliphatic rings. The maximum Gasteiger partial charge on any atom is 0.310 e. The first-order valence-corrected chi connectivity index (χ1v) is 10.3. The number of para-hydroxylation sites is 2. The van der Waals surface area contributed by atoms with Crippen molar-refractivity contribution in [1.29, 1.82) is 0 Å². The van der Waals surface area contributed by atoms with Crippen molar-refractivity contribution >= 4 is 33.3 Å². The zero-order chi connectivity index (χ0) is 19.6. The van der Waals surface area contributed by atoms with E-state index in [0.29, 0.717) is 17.9 Å². The van der Waals surface area contributed by atoms with Crippen molar-refractivity contribution in [2.24, 2.45) is 0 Å². The van der Waals surface area contributed by atoms with Gasteiger partial charge >= 0.3 is 5.97 Å². The van der Waals surface area contributed by atoms with E-state index in [0.717, 1.165) is 0 Å². The predicted octanol–water partition coefficient (Wildman–Crippen LogP) is 0.0112. The molecule has 3 atom stereocenters. The summed E-state index contributed by atoms with van der Waals surface area (Å²) in [4.78, 5) is 36.2. The van der Waals surface area contributed by atoms with E-state index in [9.17, 15) is 22.8 Å². The second kappa shape index (κ2) is 7.55.